The molecule has 6 aromatic rings. The Morgan fingerprint density at radius 3 is 2.78 bits per heavy atom. The number of anilines is 1. The summed E-state index contributed by atoms with van der Waals surface area (Å²) < 4.78 is 28.1. The number of hydrogen-bond donors (Lipinski definition) is 2. The van der Waals surface area contributed by atoms with Crippen molar-refractivity contribution in [2.24, 2.45) is 0 Å². The van der Waals surface area contributed by atoms with Gasteiger partial charge >= 0.3 is 0 Å². The van der Waals surface area contributed by atoms with E-state index in [4.69, 9.17) is 31.0 Å². The summed E-state index contributed by atoms with van der Waals surface area (Å²) in [6, 6.07) is 19.9. The van der Waals surface area contributed by atoms with Crippen molar-refractivity contribution < 1.29 is 18.7 Å². The molecule has 0 spiro atoms. The Balaban J connectivity index is 0.968. The maximum Gasteiger partial charge on any atom is 0.255 e. The third-order valence-electron chi connectivity index (χ3n) is 9.69. The van der Waals surface area contributed by atoms with Crippen LogP contribution in [0.25, 0.3) is 27.5 Å². The average Bonchev–Trinajstić information content (AvgIpc) is 3.65. The number of benzene rings is 3. The maximum absolute atomic E-state index is 14.2. The van der Waals surface area contributed by atoms with Crippen molar-refractivity contribution in [3.05, 3.63) is 118 Å². The molecule has 1 unspecified atom stereocenters. The maximum atomic E-state index is 14.2. The number of pyridine rings is 1. The van der Waals surface area contributed by atoms with Gasteiger partial charge in [0.05, 0.1) is 47.1 Å². The molecule has 1 fully saturated rings. The molecular weight excluding hydrogens is 669 g/mol. The van der Waals surface area contributed by atoms with E-state index in [0.29, 0.717) is 34.3 Å². The van der Waals surface area contributed by atoms with Crippen LogP contribution in [-0.4, -0.2) is 61.3 Å². The highest BCUT2D eigenvalue weighted by Crippen LogP contribution is 2.28. The first-order valence-corrected chi connectivity index (χ1v) is 17.5. The number of aromatic nitrogens is 5. The minimum absolute atomic E-state index is 0.0642. The lowest BCUT2D eigenvalue weighted by atomic mass is 10.0. The van der Waals surface area contributed by atoms with E-state index in [0.717, 1.165) is 89.4 Å². The lowest BCUT2D eigenvalue weighted by Crippen LogP contribution is -2.33. The molecule has 2 aliphatic heterocycles. The monoisotopic (exact) mass is 705 g/mol. The summed E-state index contributed by atoms with van der Waals surface area (Å²) in [5.41, 5.74) is 8.29. The number of rotatable bonds is 10. The fourth-order valence-electron chi connectivity index (χ4n) is 6.72. The van der Waals surface area contributed by atoms with Crippen LogP contribution in [0.4, 0.5) is 10.1 Å². The summed E-state index contributed by atoms with van der Waals surface area (Å²) in [5, 5.41) is 11.7. The fourth-order valence-corrected chi connectivity index (χ4v) is 6.88. The third-order valence-corrected chi connectivity index (χ3v) is 9.92. The fraction of sp³-hybridized carbons (Fsp3) is 0.282. The number of halogens is 2. The van der Waals surface area contributed by atoms with E-state index in [9.17, 15) is 9.18 Å². The van der Waals surface area contributed by atoms with Crippen molar-refractivity contribution in [2.75, 3.05) is 25.0 Å². The Bertz CT molecular complexity index is 2310. The molecule has 51 heavy (non-hydrogen) atoms. The molecule has 2 N–H and O–H groups in total. The number of ether oxygens (including phenoxy) is 2. The number of carbonyl (C=O) groups is 1. The van der Waals surface area contributed by atoms with Gasteiger partial charge in [0.25, 0.3) is 5.91 Å². The van der Waals surface area contributed by atoms with Gasteiger partial charge in [0.1, 0.15) is 18.2 Å². The number of aromatic amines is 1. The molecule has 1 saturated heterocycles. The second-order valence-electron chi connectivity index (χ2n) is 13.2. The van der Waals surface area contributed by atoms with Crippen molar-refractivity contribution in [3.8, 4) is 5.88 Å². The highest BCUT2D eigenvalue weighted by Gasteiger charge is 2.24. The highest BCUT2D eigenvalue weighted by atomic mass is 35.5. The largest absolute Gasteiger partial charge is 0.473 e. The molecule has 12 heteroatoms. The first kappa shape index (κ1) is 33.1. The van der Waals surface area contributed by atoms with Crippen molar-refractivity contribution in [3.63, 3.8) is 0 Å². The predicted octanol–water partition coefficient (Wildman–Crippen LogP) is 7.63. The molecule has 0 aliphatic carbocycles. The highest BCUT2D eigenvalue weighted by molar-refractivity contribution is 6.30. The molecule has 5 heterocycles. The third kappa shape index (κ3) is 6.97. The van der Waals surface area contributed by atoms with Crippen LogP contribution in [0.3, 0.4) is 0 Å². The van der Waals surface area contributed by atoms with E-state index < -0.39 is 5.82 Å². The van der Waals surface area contributed by atoms with Crippen LogP contribution in [-0.2, 0) is 24.4 Å². The summed E-state index contributed by atoms with van der Waals surface area (Å²) >= 11 is 5.88. The molecule has 8 rings (SSSR count). The molecule has 3 aromatic carbocycles. The molecule has 0 saturated carbocycles. The summed E-state index contributed by atoms with van der Waals surface area (Å²) in [6.07, 6.45) is 4.20. The van der Waals surface area contributed by atoms with Crippen molar-refractivity contribution >= 4 is 50.7 Å². The van der Waals surface area contributed by atoms with E-state index >= 15 is 0 Å². The van der Waals surface area contributed by atoms with Gasteiger partial charge < -0.3 is 19.4 Å². The summed E-state index contributed by atoms with van der Waals surface area (Å²) in [4.78, 5) is 25.5. The molecule has 0 bridgehead atoms. The second kappa shape index (κ2) is 13.9. The van der Waals surface area contributed by atoms with Crippen LogP contribution in [0.1, 0.15) is 51.5 Å². The molecule has 1 atom stereocenters. The van der Waals surface area contributed by atoms with Crippen LogP contribution < -0.4 is 10.1 Å². The van der Waals surface area contributed by atoms with Gasteiger partial charge in [-0.05, 0) is 86.4 Å². The van der Waals surface area contributed by atoms with Crippen LogP contribution in [0.2, 0.25) is 5.02 Å². The van der Waals surface area contributed by atoms with Gasteiger partial charge in [0.15, 0.2) is 0 Å². The molecule has 3 aromatic heterocycles. The Morgan fingerprint density at radius 1 is 1.12 bits per heavy atom. The Morgan fingerprint density at radius 2 is 2.00 bits per heavy atom. The normalized spacial score (nSPS) is 16.3. The topological polar surface area (TPSA) is 110 Å². The van der Waals surface area contributed by atoms with Crippen molar-refractivity contribution in [1.82, 2.24) is 29.6 Å². The van der Waals surface area contributed by atoms with E-state index in [1.54, 1.807) is 18.2 Å². The number of amides is 1. The summed E-state index contributed by atoms with van der Waals surface area (Å²) in [6.45, 7) is 7.71. The van der Waals surface area contributed by atoms with Crippen LogP contribution in [0.5, 0.6) is 5.88 Å². The first-order valence-electron chi connectivity index (χ1n) is 17.1. The number of nitrogens with one attached hydrogen (secondary N) is 2. The number of hydrogen-bond acceptors (Lipinski definition) is 7. The quantitative estimate of drug-likeness (QED) is 0.151. The van der Waals surface area contributed by atoms with E-state index in [1.807, 2.05) is 56.3 Å². The summed E-state index contributed by atoms with van der Waals surface area (Å²) in [7, 11) is 0. The number of carbonyl (C=O) groups excluding carboxylic acids is 1. The predicted molar refractivity (Wildman–Crippen MR) is 195 cm³/mol. The lowest BCUT2D eigenvalue weighted by molar-refractivity contribution is -0.0591. The van der Waals surface area contributed by atoms with Crippen LogP contribution >= 0.6 is 11.6 Å². The Labute approximate surface area is 299 Å². The second-order valence-corrected chi connectivity index (χ2v) is 13.6. The number of H-pyrrole nitrogens is 1. The zero-order chi connectivity index (χ0) is 35.1. The SMILES string of the molecule is Cc1n[nH]c2c(C)cc(C(=O)Nc3ccc4c(c3)nc(CN3CC=C(c5cccc(OCc6ccc(Cl)cc6F)n5)CC3)n4CC3CCO3)cc12. The van der Waals surface area contributed by atoms with Gasteiger partial charge in [-0.15, -0.1) is 0 Å². The van der Waals surface area contributed by atoms with Gasteiger partial charge in [-0.2, -0.15) is 5.10 Å². The molecule has 260 valence electrons. The van der Waals surface area contributed by atoms with Gasteiger partial charge in [0, 0.05) is 53.0 Å². The van der Waals surface area contributed by atoms with Gasteiger partial charge in [-0.1, -0.05) is 29.8 Å². The van der Waals surface area contributed by atoms with E-state index in [-0.39, 0.29) is 18.6 Å². The average molecular weight is 706 g/mol. The van der Waals surface area contributed by atoms with Crippen LogP contribution in [0.15, 0.2) is 72.8 Å². The van der Waals surface area contributed by atoms with Crippen LogP contribution in [0, 0.1) is 19.7 Å². The molecule has 10 nitrogen and oxygen atoms in total. The zero-order valence-electron chi connectivity index (χ0n) is 28.4. The minimum Gasteiger partial charge on any atom is -0.473 e. The van der Waals surface area contributed by atoms with Crippen molar-refractivity contribution in [2.45, 2.75) is 52.5 Å². The minimum atomic E-state index is -0.403. The number of aryl methyl sites for hydroxylation is 2. The lowest BCUT2D eigenvalue weighted by Gasteiger charge is -2.29. The van der Waals surface area contributed by atoms with Crippen molar-refractivity contribution in [1.29, 1.82) is 0 Å². The Kier molecular flexibility index (Phi) is 9.01. The molecule has 1 amide bonds. The number of imidazole rings is 1. The van der Waals surface area contributed by atoms with Gasteiger partial charge in [-0.25, -0.2) is 14.4 Å². The van der Waals surface area contributed by atoms with E-state index in [2.05, 4.69) is 31.1 Å². The first-order chi connectivity index (χ1) is 24.8. The van der Waals surface area contributed by atoms with E-state index in [1.165, 1.54) is 6.07 Å². The number of nitrogens with zero attached hydrogens (tertiary/aromatic N) is 5. The van der Waals surface area contributed by atoms with Gasteiger partial charge in [0.2, 0.25) is 5.88 Å². The Hall–Kier alpha value is -5.10. The molecular formula is C39H37ClFN7O3. The van der Waals surface area contributed by atoms with Gasteiger partial charge in [-0.3, -0.25) is 14.8 Å². The standard InChI is InChI=1S/C39H37ClFN7O3/c1-23-16-27(17-31-24(2)45-46-38(23)31)39(49)42-29-8-9-35-34(19-29)43-36(48(35)20-30-12-15-50-30)21-47-13-10-25(11-14-47)33-4-3-5-37(44-33)51-22-26-6-7-28(40)18-32(26)41/h3-10,16-19,30H,11-15,20-22H2,1-2H3,(H,42,49)(H,45,46). The smallest absolute Gasteiger partial charge is 0.255 e. The zero-order valence-corrected chi connectivity index (χ0v) is 29.1. The summed E-state index contributed by atoms with van der Waals surface area (Å²) in [5.74, 6) is 0.817. The number of fused-ring (bicyclic) bond motifs is 2. The molecule has 2 aliphatic rings. The molecule has 0 radical (unpaired) electrons.